The number of alkyl halides is 1. The molecule has 0 atom stereocenters. The maximum Gasteiger partial charge on any atom is 0.243 e. The molecule has 1 amide bonds. The van der Waals surface area contributed by atoms with Gasteiger partial charge in [-0.25, -0.2) is 0 Å². The quantitative estimate of drug-likeness (QED) is 0.528. The van der Waals surface area contributed by atoms with E-state index in [9.17, 15) is 4.79 Å². The van der Waals surface area contributed by atoms with Gasteiger partial charge in [0.1, 0.15) is 12.6 Å². The first-order chi connectivity index (χ1) is 10.9. The van der Waals surface area contributed by atoms with Crippen LogP contribution in [0.25, 0.3) is 0 Å². The lowest BCUT2D eigenvalue weighted by atomic mass is 9.84. The van der Waals surface area contributed by atoms with Gasteiger partial charge in [0, 0.05) is 18.8 Å². The lowest BCUT2D eigenvalue weighted by Crippen LogP contribution is -2.37. The molecule has 0 saturated heterocycles. The van der Waals surface area contributed by atoms with Crippen molar-refractivity contribution in [3.05, 3.63) is 29.3 Å². The Hall–Kier alpha value is -1.10. The van der Waals surface area contributed by atoms with Crippen molar-refractivity contribution in [2.45, 2.75) is 46.6 Å². The van der Waals surface area contributed by atoms with Gasteiger partial charge in [0.2, 0.25) is 5.91 Å². The Morgan fingerprint density at radius 2 is 1.83 bits per heavy atom. The zero-order valence-corrected chi connectivity index (χ0v) is 15.6. The van der Waals surface area contributed by atoms with Gasteiger partial charge in [-0.3, -0.25) is 9.69 Å². The highest BCUT2D eigenvalue weighted by molar-refractivity contribution is 6.29. The van der Waals surface area contributed by atoms with Crippen LogP contribution in [0.15, 0.2) is 18.2 Å². The minimum absolute atomic E-state index is 0.0837. The number of anilines is 1. The fraction of sp³-hybridized carbons (Fsp3) is 0.611. The van der Waals surface area contributed by atoms with Gasteiger partial charge in [-0.2, -0.15) is 0 Å². The second kappa shape index (κ2) is 9.26. The van der Waals surface area contributed by atoms with Crippen LogP contribution in [0.3, 0.4) is 0 Å². The van der Waals surface area contributed by atoms with Crippen LogP contribution in [-0.4, -0.2) is 31.7 Å². The zero-order chi connectivity index (χ0) is 17.5. The van der Waals surface area contributed by atoms with E-state index in [1.807, 2.05) is 32.0 Å². The normalized spacial score (nSPS) is 11.6. The van der Waals surface area contributed by atoms with E-state index in [-0.39, 0.29) is 23.9 Å². The molecule has 1 rings (SSSR count). The second-order valence-corrected chi connectivity index (χ2v) is 6.55. The summed E-state index contributed by atoms with van der Waals surface area (Å²) < 4.78 is 11.1. The van der Waals surface area contributed by atoms with Crippen molar-refractivity contribution in [2.75, 3.05) is 30.7 Å². The summed E-state index contributed by atoms with van der Waals surface area (Å²) in [5.41, 5.74) is 2.78. The molecule has 0 aliphatic carbocycles. The van der Waals surface area contributed by atoms with Crippen molar-refractivity contribution >= 4 is 23.2 Å². The van der Waals surface area contributed by atoms with E-state index < -0.39 is 0 Å². The highest BCUT2D eigenvalue weighted by Crippen LogP contribution is 2.35. The Kier molecular flexibility index (Phi) is 8.03. The molecule has 0 N–H and O–H groups in total. The van der Waals surface area contributed by atoms with Gasteiger partial charge in [0.05, 0.1) is 12.3 Å². The first-order valence-corrected chi connectivity index (χ1v) is 8.54. The number of nitrogens with zero attached hydrogens (tertiary/aromatic N) is 1. The number of amides is 1. The SMILES string of the molecule is CCOCc1cccc(C(C)(C)C)c1N(COCC)C(=O)CCl. The highest BCUT2D eigenvalue weighted by Gasteiger charge is 2.27. The molecule has 0 unspecified atom stereocenters. The standard InChI is InChI=1S/C18H28ClNO3/c1-6-22-12-14-9-8-10-15(18(3,4)5)17(14)20(13-23-7-2)16(21)11-19/h8-10H,6-7,11-13H2,1-5H3. The van der Waals surface area contributed by atoms with Crippen molar-refractivity contribution < 1.29 is 14.3 Å². The summed E-state index contributed by atoms with van der Waals surface area (Å²) in [4.78, 5) is 14.0. The first kappa shape index (κ1) is 19.9. The van der Waals surface area contributed by atoms with Crippen molar-refractivity contribution in [3.63, 3.8) is 0 Å². The molecular formula is C18H28ClNO3. The van der Waals surface area contributed by atoms with E-state index in [4.69, 9.17) is 21.1 Å². The summed E-state index contributed by atoms with van der Waals surface area (Å²) in [5, 5.41) is 0. The van der Waals surface area contributed by atoms with E-state index >= 15 is 0 Å². The van der Waals surface area contributed by atoms with Crippen molar-refractivity contribution in [2.24, 2.45) is 0 Å². The van der Waals surface area contributed by atoms with Crippen LogP contribution in [0.5, 0.6) is 0 Å². The third kappa shape index (κ3) is 5.48. The summed E-state index contributed by atoms with van der Waals surface area (Å²) in [6.45, 7) is 12.0. The lowest BCUT2D eigenvalue weighted by Gasteiger charge is -2.31. The number of rotatable bonds is 8. The smallest absolute Gasteiger partial charge is 0.243 e. The molecule has 0 radical (unpaired) electrons. The Morgan fingerprint density at radius 3 is 2.35 bits per heavy atom. The van der Waals surface area contributed by atoms with E-state index in [1.165, 1.54) is 0 Å². The lowest BCUT2D eigenvalue weighted by molar-refractivity contribution is -0.117. The fourth-order valence-corrected chi connectivity index (χ4v) is 2.50. The van der Waals surface area contributed by atoms with Gasteiger partial charge in [0.25, 0.3) is 0 Å². The molecular weight excluding hydrogens is 314 g/mol. The van der Waals surface area contributed by atoms with Gasteiger partial charge in [-0.15, -0.1) is 11.6 Å². The van der Waals surface area contributed by atoms with Gasteiger partial charge < -0.3 is 9.47 Å². The molecule has 0 bridgehead atoms. The minimum atomic E-state index is -0.172. The summed E-state index contributed by atoms with van der Waals surface area (Å²) in [6.07, 6.45) is 0. The summed E-state index contributed by atoms with van der Waals surface area (Å²) in [5.74, 6) is -0.255. The molecule has 5 heteroatoms. The highest BCUT2D eigenvalue weighted by atomic mass is 35.5. The molecule has 0 saturated carbocycles. The molecule has 0 fully saturated rings. The Balaban J connectivity index is 3.42. The molecule has 0 aliphatic rings. The van der Waals surface area contributed by atoms with Gasteiger partial charge >= 0.3 is 0 Å². The molecule has 0 aromatic heterocycles. The van der Waals surface area contributed by atoms with Gasteiger partial charge in [0.15, 0.2) is 0 Å². The molecule has 23 heavy (non-hydrogen) atoms. The maximum atomic E-state index is 12.4. The molecule has 0 aliphatic heterocycles. The van der Waals surface area contributed by atoms with Crippen molar-refractivity contribution in [1.82, 2.24) is 0 Å². The van der Waals surface area contributed by atoms with E-state index in [0.717, 1.165) is 16.8 Å². The summed E-state index contributed by atoms with van der Waals surface area (Å²) >= 11 is 5.82. The second-order valence-electron chi connectivity index (χ2n) is 6.28. The number of carbonyl (C=O) groups is 1. The largest absolute Gasteiger partial charge is 0.377 e. The van der Waals surface area contributed by atoms with Crippen LogP contribution < -0.4 is 4.90 Å². The van der Waals surface area contributed by atoms with Gasteiger partial charge in [-0.1, -0.05) is 39.0 Å². The average molecular weight is 342 g/mol. The van der Waals surface area contributed by atoms with Crippen LogP contribution in [0, 0.1) is 0 Å². The molecule has 0 heterocycles. The van der Waals surface area contributed by atoms with Crippen LogP contribution in [0.1, 0.15) is 45.7 Å². The number of carbonyl (C=O) groups excluding carboxylic acids is 1. The van der Waals surface area contributed by atoms with E-state index in [1.54, 1.807) is 4.90 Å². The van der Waals surface area contributed by atoms with Crippen LogP contribution in [0.2, 0.25) is 0 Å². The van der Waals surface area contributed by atoms with Crippen LogP contribution in [-0.2, 0) is 26.3 Å². The average Bonchev–Trinajstić information content (AvgIpc) is 2.52. The Labute approximate surface area is 144 Å². The topological polar surface area (TPSA) is 38.8 Å². The molecule has 0 spiro atoms. The predicted octanol–water partition coefficient (Wildman–Crippen LogP) is 4.09. The Bertz CT molecular complexity index is 511. The maximum absolute atomic E-state index is 12.4. The summed E-state index contributed by atoms with van der Waals surface area (Å²) in [6, 6.07) is 6.04. The predicted molar refractivity (Wildman–Crippen MR) is 95.2 cm³/mol. The number of benzene rings is 1. The number of halogens is 1. The number of hydrogen-bond donors (Lipinski definition) is 0. The third-order valence-corrected chi connectivity index (χ3v) is 3.73. The molecule has 130 valence electrons. The minimum Gasteiger partial charge on any atom is -0.377 e. The monoisotopic (exact) mass is 341 g/mol. The number of ether oxygens (including phenoxy) is 2. The number of hydrogen-bond acceptors (Lipinski definition) is 3. The fourth-order valence-electron chi connectivity index (χ4n) is 2.36. The summed E-state index contributed by atoms with van der Waals surface area (Å²) in [7, 11) is 0. The van der Waals surface area contributed by atoms with Crippen LogP contribution in [0.4, 0.5) is 5.69 Å². The Morgan fingerprint density at radius 1 is 1.17 bits per heavy atom. The first-order valence-electron chi connectivity index (χ1n) is 8.00. The third-order valence-electron chi connectivity index (χ3n) is 3.50. The van der Waals surface area contributed by atoms with Crippen LogP contribution >= 0.6 is 11.6 Å². The molecule has 1 aromatic carbocycles. The van der Waals surface area contributed by atoms with Gasteiger partial charge in [-0.05, 0) is 24.8 Å². The van der Waals surface area contributed by atoms with Crippen molar-refractivity contribution in [3.8, 4) is 0 Å². The molecule has 1 aromatic rings. The van der Waals surface area contributed by atoms with E-state index in [0.29, 0.717) is 19.8 Å². The van der Waals surface area contributed by atoms with Crippen molar-refractivity contribution in [1.29, 1.82) is 0 Å². The zero-order valence-electron chi connectivity index (χ0n) is 14.8. The molecule has 4 nitrogen and oxygen atoms in total. The number of para-hydroxylation sites is 1. The van der Waals surface area contributed by atoms with E-state index in [2.05, 4.69) is 20.8 Å².